The van der Waals surface area contributed by atoms with Gasteiger partial charge in [0.25, 0.3) is 0 Å². The van der Waals surface area contributed by atoms with E-state index in [2.05, 4.69) is 4.72 Å². The molecule has 6 heteroatoms. The number of nitrogens with zero attached hydrogens (tertiary/aromatic N) is 1. The first kappa shape index (κ1) is 14.0. The molecule has 0 aliphatic carbocycles. The van der Waals surface area contributed by atoms with Crippen molar-refractivity contribution in [2.75, 3.05) is 18.5 Å². The number of carbonyl (C=O) groups excluding carboxylic acids is 1. The van der Waals surface area contributed by atoms with Crippen LogP contribution in [0.15, 0.2) is 23.1 Å². The van der Waals surface area contributed by atoms with E-state index in [0.29, 0.717) is 12.2 Å². The van der Waals surface area contributed by atoms with Crippen LogP contribution >= 0.6 is 0 Å². The van der Waals surface area contributed by atoms with Crippen LogP contribution in [0.2, 0.25) is 0 Å². The van der Waals surface area contributed by atoms with Crippen LogP contribution in [0, 0.1) is 0 Å². The molecule has 0 radical (unpaired) electrons. The highest BCUT2D eigenvalue weighted by molar-refractivity contribution is 7.89. The molecule has 19 heavy (non-hydrogen) atoms. The van der Waals surface area contributed by atoms with Crippen LogP contribution in [-0.2, 0) is 20.2 Å². The van der Waals surface area contributed by atoms with Crippen molar-refractivity contribution in [1.29, 1.82) is 0 Å². The third-order valence-corrected chi connectivity index (χ3v) is 4.91. The summed E-state index contributed by atoms with van der Waals surface area (Å²) >= 11 is 0. The molecule has 0 fully saturated rings. The van der Waals surface area contributed by atoms with Crippen molar-refractivity contribution in [2.24, 2.45) is 0 Å². The van der Waals surface area contributed by atoms with Gasteiger partial charge in [0.05, 0.1) is 4.90 Å². The number of hydrogen-bond acceptors (Lipinski definition) is 3. The van der Waals surface area contributed by atoms with Gasteiger partial charge in [0.2, 0.25) is 15.9 Å². The van der Waals surface area contributed by atoms with Gasteiger partial charge >= 0.3 is 0 Å². The summed E-state index contributed by atoms with van der Waals surface area (Å²) in [6, 6.07) is 4.94. The summed E-state index contributed by atoms with van der Waals surface area (Å²) in [6.45, 7) is 6.15. The first-order chi connectivity index (χ1) is 8.69. The monoisotopic (exact) mass is 282 g/mol. The number of anilines is 1. The van der Waals surface area contributed by atoms with E-state index in [1.165, 1.54) is 14.0 Å². The number of carbonyl (C=O) groups is 1. The van der Waals surface area contributed by atoms with E-state index in [-0.39, 0.29) is 16.2 Å². The van der Waals surface area contributed by atoms with E-state index in [1.54, 1.807) is 23.1 Å². The van der Waals surface area contributed by atoms with Gasteiger partial charge in [0.1, 0.15) is 0 Å². The Labute approximate surface area is 113 Å². The highest BCUT2D eigenvalue weighted by Gasteiger charge is 2.37. The number of nitrogens with one attached hydrogen (secondary N) is 1. The van der Waals surface area contributed by atoms with E-state index in [1.807, 2.05) is 13.8 Å². The summed E-state index contributed by atoms with van der Waals surface area (Å²) in [4.78, 5) is 13.5. The Morgan fingerprint density at radius 3 is 2.53 bits per heavy atom. The van der Waals surface area contributed by atoms with E-state index in [0.717, 1.165) is 5.56 Å². The summed E-state index contributed by atoms with van der Waals surface area (Å²) in [5.41, 5.74) is 1.52. The molecule has 0 saturated carbocycles. The molecule has 1 aliphatic rings. The van der Waals surface area contributed by atoms with Crippen molar-refractivity contribution in [3.05, 3.63) is 23.8 Å². The molecule has 1 aromatic carbocycles. The second kappa shape index (κ2) is 4.31. The molecule has 1 amide bonds. The highest BCUT2D eigenvalue weighted by Crippen LogP contribution is 2.41. The largest absolute Gasteiger partial charge is 0.311 e. The van der Waals surface area contributed by atoms with Gasteiger partial charge in [-0.15, -0.1) is 0 Å². The minimum absolute atomic E-state index is 0.0779. The summed E-state index contributed by atoms with van der Waals surface area (Å²) < 4.78 is 25.9. The fourth-order valence-electron chi connectivity index (χ4n) is 2.44. The molecule has 104 valence electrons. The highest BCUT2D eigenvalue weighted by atomic mass is 32.2. The molecule has 1 heterocycles. The Bertz CT molecular complexity index is 635. The second-order valence-corrected chi connectivity index (χ2v) is 7.26. The van der Waals surface area contributed by atoms with Gasteiger partial charge in [-0.05, 0) is 24.7 Å². The smallest absolute Gasteiger partial charge is 0.240 e. The van der Waals surface area contributed by atoms with Gasteiger partial charge in [0.15, 0.2) is 0 Å². The molecule has 1 aliphatic heterocycles. The number of sulfonamides is 1. The van der Waals surface area contributed by atoms with Crippen LogP contribution in [-0.4, -0.2) is 27.9 Å². The van der Waals surface area contributed by atoms with Gasteiger partial charge in [-0.2, -0.15) is 0 Å². The third-order valence-electron chi connectivity index (χ3n) is 3.50. The van der Waals surface area contributed by atoms with Gasteiger partial charge in [-0.1, -0.05) is 19.9 Å². The van der Waals surface area contributed by atoms with Crippen molar-refractivity contribution >= 4 is 21.6 Å². The molecule has 0 saturated heterocycles. The predicted octanol–water partition coefficient (Wildman–Crippen LogP) is 1.24. The molecular formula is C13H18N2O3S. The number of hydrogen-bond donors (Lipinski definition) is 1. The van der Waals surface area contributed by atoms with E-state index >= 15 is 0 Å². The standard InChI is InChI=1S/C13H18N2O3S/c1-9(16)15-8-13(2,3)11-6-5-10(7-12(11)15)19(17,18)14-4/h5-7,14H,8H2,1-4H3. The van der Waals surface area contributed by atoms with Crippen LogP contribution in [0.25, 0.3) is 0 Å². The summed E-state index contributed by atoms with van der Waals surface area (Å²) in [5, 5.41) is 0. The first-order valence-electron chi connectivity index (χ1n) is 6.05. The minimum atomic E-state index is -3.49. The lowest BCUT2D eigenvalue weighted by Gasteiger charge is -2.19. The molecule has 1 aromatic rings. The molecule has 0 atom stereocenters. The number of rotatable bonds is 2. The van der Waals surface area contributed by atoms with Crippen LogP contribution in [0.3, 0.4) is 0 Å². The van der Waals surface area contributed by atoms with E-state index in [9.17, 15) is 13.2 Å². The zero-order valence-electron chi connectivity index (χ0n) is 11.5. The average Bonchev–Trinajstić information content (AvgIpc) is 2.61. The fourth-order valence-corrected chi connectivity index (χ4v) is 3.19. The maximum Gasteiger partial charge on any atom is 0.240 e. The molecule has 0 bridgehead atoms. The second-order valence-electron chi connectivity index (χ2n) is 5.38. The van der Waals surface area contributed by atoms with Gasteiger partial charge in [0, 0.05) is 24.6 Å². The Hall–Kier alpha value is -1.40. The van der Waals surface area contributed by atoms with Crippen LogP contribution in [0.5, 0.6) is 0 Å². The topological polar surface area (TPSA) is 66.5 Å². The lowest BCUT2D eigenvalue weighted by atomic mass is 9.87. The van der Waals surface area contributed by atoms with Crippen molar-refractivity contribution in [2.45, 2.75) is 31.1 Å². The maximum absolute atomic E-state index is 11.8. The summed E-state index contributed by atoms with van der Waals surface area (Å²) in [7, 11) is -2.12. The number of amides is 1. The number of fused-ring (bicyclic) bond motifs is 1. The Morgan fingerprint density at radius 2 is 2.00 bits per heavy atom. The normalized spacial score (nSPS) is 17.4. The molecule has 5 nitrogen and oxygen atoms in total. The van der Waals surface area contributed by atoms with Crippen molar-refractivity contribution < 1.29 is 13.2 Å². The molecule has 0 unspecified atom stereocenters. The van der Waals surface area contributed by atoms with E-state index in [4.69, 9.17) is 0 Å². The fraction of sp³-hybridized carbons (Fsp3) is 0.462. The average molecular weight is 282 g/mol. The zero-order valence-corrected chi connectivity index (χ0v) is 12.3. The lowest BCUT2D eigenvalue weighted by Crippen LogP contribution is -2.32. The van der Waals surface area contributed by atoms with Crippen LogP contribution < -0.4 is 9.62 Å². The van der Waals surface area contributed by atoms with Crippen molar-refractivity contribution in [3.63, 3.8) is 0 Å². The Balaban J connectivity index is 2.62. The Morgan fingerprint density at radius 1 is 1.37 bits per heavy atom. The third kappa shape index (κ3) is 2.26. The minimum Gasteiger partial charge on any atom is -0.311 e. The van der Waals surface area contributed by atoms with Crippen LogP contribution in [0.1, 0.15) is 26.3 Å². The number of benzene rings is 1. The zero-order chi connectivity index (χ0) is 14.4. The Kier molecular flexibility index (Phi) is 3.18. The molecule has 2 rings (SSSR count). The molecule has 0 aromatic heterocycles. The van der Waals surface area contributed by atoms with Crippen molar-refractivity contribution in [1.82, 2.24) is 4.72 Å². The quantitative estimate of drug-likeness (QED) is 0.887. The summed E-state index contributed by atoms with van der Waals surface area (Å²) in [5.74, 6) is -0.0779. The maximum atomic E-state index is 11.8. The molecule has 0 spiro atoms. The lowest BCUT2D eigenvalue weighted by molar-refractivity contribution is -0.116. The SMILES string of the molecule is CNS(=O)(=O)c1ccc2c(c1)N(C(C)=O)CC2(C)C. The van der Waals surface area contributed by atoms with Gasteiger partial charge in [-0.3, -0.25) is 4.79 Å². The predicted molar refractivity (Wildman–Crippen MR) is 73.7 cm³/mol. The van der Waals surface area contributed by atoms with E-state index < -0.39 is 10.0 Å². The molecular weight excluding hydrogens is 264 g/mol. The molecule has 1 N–H and O–H groups in total. The van der Waals surface area contributed by atoms with Crippen molar-refractivity contribution in [3.8, 4) is 0 Å². The van der Waals surface area contributed by atoms with Gasteiger partial charge in [-0.25, -0.2) is 13.1 Å². The first-order valence-corrected chi connectivity index (χ1v) is 7.53. The van der Waals surface area contributed by atoms with Crippen LogP contribution in [0.4, 0.5) is 5.69 Å². The van der Waals surface area contributed by atoms with Gasteiger partial charge < -0.3 is 4.90 Å². The summed E-state index contributed by atoms with van der Waals surface area (Å²) in [6.07, 6.45) is 0.